The van der Waals surface area contributed by atoms with Crippen molar-refractivity contribution < 1.29 is 9.59 Å². The number of rotatable bonds is 3. The van der Waals surface area contributed by atoms with Crippen LogP contribution in [0.3, 0.4) is 0 Å². The molecule has 4 heteroatoms. The highest BCUT2D eigenvalue weighted by Gasteiger charge is 2.43. The maximum Gasteiger partial charge on any atom is 0.228 e. The fourth-order valence-electron chi connectivity index (χ4n) is 6.72. The minimum atomic E-state index is -0.113. The van der Waals surface area contributed by atoms with Crippen LogP contribution < -0.4 is 0 Å². The summed E-state index contributed by atoms with van der Waals surface area (Å²) in [6.45, 7) is 9.92. The summed E-state index contributed by atoms with van der Waals surface area (Å²) in [4.78, 5) is 29.9. The van der Waals surface area contributed by atoms with Crippen LogP contribution in [-0.4, -0.2) is 47.8 Å². The molecule has 3 aliphatic carbocycles. The van der Waals surface area contributed by atoms with Crippen molar-refractivity contribution >= 4 is 11.8 Å². The Labute approximate surface area is 177 Å². The maximum absolute atomic E-state index is 13.1. The molecule has 164 valence electrons. The zero-order valence-corrected chi connectivity index (χ0v) is 19.0. The van der Waals surface area contributed by atoms with Crippen molar-refractivity contribution in [2.45, 2.75) is 85.0 Å². The van der Waals surface area contributed by atoms with Crippen LogP contribution in [-0.2, 0) is 9.59 Å². The summed E-state index contributed by atoms with van der Waals surface area (Å²) >= 11 is 0. The monoisotopic (exact) mass is 402 g/mol. The van der Waals surface area contributed by atoms with Crippen molar-refractivity contribution in [2.24, 2.45) is 35.0 Å². The fraction of sp³-hybridized carbons (Fsp3) is 0.920. The van der Waals surface area contributed by atoms with E-state index in [-0.39, 0.29) is 11.3 Å². The first-order valence-electron chi connectivity index (χ1n) is 12.5. The van der Waals surface area contributed by atoms with Gasteiger partial charge in [0.05, 0.1) is 0 Å². The summed E-state index contributed by atoms with van der Waals surface area (Å²) in [7, 11) is 0. The van der Waals surface area contributed by atoms with Crippen molar-refractivity contribution in [1.29, 1.82) is 0 Å². The molecular weight excluding hydrogens is 360 g/mol. The van der Waals surface area contributed by atoms with E-state index in [1.54, 1.807) is 0 Å². The summed E-state index contributed by atoms with van der Waals surface area (Å²) in [6, 6.07) is 0. The Morgan fingerprint density at radius 1 is 0.828 bits per heavy atom. The third kappa shape index (κ3) is 4.37. The van der Waals surface area contributed by atoms with E-state index in [0.29, 0.717) is 11.8 Å². The van der Waals surface area contributed by atoms with E-state index >= 15 is 0 Å². The molecule has 1 heterocycles. The van der Waals surface area contributed by atoms with Gasteiger partial charge in [-0.2, -0.15) is 0 Å². The molecule has 4 aliphatic rings. The standard InChI is InChI=1S/C25H42N2O2/c1-18-5-6-19(2)22(17-18)20-7-9-21(10-8-20)23(28)26-13-15-27(16-14-26)24(29)25(3)11-4-12-25/h18-22H,4-17H2,1-3H3. The quantitative estimate of drug-likeness (QED) is 0.685. The van der Waals surface area contributed by atoms with Gasteiger partial charge in [-0.15, -0.1) is 0 Å². The summed E-state index contributed by atoms with van der Waals surface area (Å²) in [5.74, 6) is 4.41. The number of hydrogen-bond donors (Lipinski definition) is 0. The zero-order chi connectivity index (χ0) is 20.6. The number of amides is 2. The second-order valence-corrected chi connectivity index (χ2v) is 11.2. The van der Waals surface area contributed by atoms with Gasteiger partial charge >= 0.3 is 0 Å². The van der Waals surface area contributed by atoms with Gasteiger partial charge in [-0.05, 0) is 68.6 Å². The second kappa shape index (κ2) is 8.59. The Bertz CT molecular complexity index is 598. The highest BCUT2D eigenvalue weighted by atomic mass is 16.2. The molecule has 29 heavy (non-hydrogen) atoms. The van der Waals surface area contributed by atoms with Crippen LogP contribution in [0.25, 0.3) is 0 Å². The van der Waals surface area contributed by atoms with Crippen molar-refractivity contribution in [3.8, 4) is 0 Å². The molecule has 0 N–H and O–H groups in total. The van der Waals surface area contributed by atoms with Gasteiger partial charge in [-0.1, -0.05) is 40.0 Å². The summed E-state index contributed by atoms with van der Waals surface area (Å²) < 4.78 is 0. The van der Waals surface area contributed by atoms with E-state index in [9.17, 15) is 9.59 Å². The Morgan fingerprint density at radius 2 is 1.45 bits per heavy atom. The molecule has 0 spiro atoms. The van der Waals surface area contributed by atoms with Crippen molar-refractivity contribution in [2.75, 3.05) is 26.2 Å². The van der Waals surface area contributed by atoms with Gasteiger partial charge in [0.15, 0.2) is 0 Å². The Morgan fingerprint density at radius 3 is 2.03 bits per heavy atom. The van der Waals surface area contributed by atoms with Gasteiger partial charge in [0, 0.05) is 37.5 Å². The van der Waals surface area contributed by atoms with Crippen molar-refractivity contribution in [3.63, 3.8) is 0 Å². The fourth-order valence-corrected chi connectivity index (χ4v) is 6.72. The molecular formula is C25H42N2O2. The van der Waals surface area contributed by atoms with Gasteiger partial charge in [0.1, 0.15) is 0 Å². The van der Waals surface area contributed by atoms with Crippen molar-refractivity contribution in [3.05, 3.63) is 0 Å². The van der Waals surface area contributed by atoms with Gasteiger partial charge in [-0.3, -0.25) is 9.59 Å². The predicted molar refractivity (Wildman–Crippen MR) is 116 cm³/mol. The normalized spacial score (nSPS) is 37.7. The lowest BCUT2D eigenvalue weighted by atomic mass is 9.65. The first-order chi connectivity index (χ1) is 13.9. The molecule has 4 fully saturated rings. The molecule has 3 unspecified atom stereocenters. The molecule has 2 amide bonds. The smallest absolute Gasteiger partial charge is 0.228 e. The highest BCUT2D eigenvalue weighted by molar-refractivity contribution is 5.84. The van der Waals surface area contributed by atoms with Crippen LogP contribution in [0.2, 0.25) is 0 Å². The van der Waals surface area contributed by atoms with E-state index < -0.39 is 0 Å². The topological polar surface area (TPSA) is 40.6 Å². The molecule has 0 radical (unpaired) electrons. The lowest BCUT2D eigenvalue weighted by molar-refractivity contribution is -0.151. The van der Waals surface area contributed by atoms with Gasteiger partial charge in [0.2, 0.25) is 11.8 Å². The molecule has 3 saturated carbocycles. The van der Waals surface area contributed by atoms with Crippen LogP contribution in [0.5, 0.6) is 0 Å². The Kier molecular flexibility index (Phi) is 6.27. The van der Waals surface area contributed by atoms with Crippen LogP contribution in [0.4, 0.5) is 0 Å². The second-order valence-electron chi connectivity index (χ2n) is 11.2. The zero-order valence-electron chi connectivity index (χ0n) is 19.0. The first-order valence-corrected chi connectivity index (χ1v) is 12.5. The molecule has 0 aromatic carbocycles. The number of hydrogen-bond acceptors (Lipinski definition) is 2. The molecule has 0 bridgehead atoms. The first kappa shape index (κ1) is 21.2. The van der Waals surface area contributed by atoms with Gasteiger partial charge in [-0.25, -0.2) is 0 Å². The SMILES string of the molecule is CC1CCC(C)C(C2CCC(C(=O)N3CCN(C(=O)C4(C)CCC4)CC3)CC2)C1. The minimum Gasteiger partial charge on any atom is -0.339 e. The van der Waals surface area contributed by atoms with Crippen LogP contribution in [0.1, 0.15) is 85.0 Å². The molecule has 1 saturated heterocycles. The molecule has 3 atom stereocenters. The van der Waals surface area contributed by atoms with Gasteiger partial charge < -0.3 is 9.80 Å². The molecule has 0 aromatic rings. The third-order valence-electron chi connectivity index (χ3n) is 9.10. The molecule has 4 rings (SSSR count). The lowest BCUT2D eigenvalue weighted by Crippen LogP contribution is -2.56. The summed E-state index contributed by atoms with van der Waals surface area (Å²) in [5, 5.41) is 0. The number of carbonyl (C=O) groups excluding carboxylic acids is 2. The minimum absolute atomic E-state index is 0.113. The largest absolute Gasteiger partial charge is 0.339 e. The summed E-state index contributed by atoms with van der Waals surface area (Å²) in [5.41, 5.74) is -0.113. The van der Waals surface area contributed by atoms with Crippen LogP contribution in [0, 0.1) is 35.0 Å². The highest BCUT2D eigenvalue weighted by Crippen LogP contribution is 2.45. The van der Waals surface area contributed by atoms with E-state index in [2.05, 4.69) is 25.7 Å². The summed E-state index contributed by atoms with van der Waals surface area (Å²) in [6.07, 6.45) is 12.1. The Hall–Kier alpha value is -1.06. The number of piperazine rings is 1. The average molecular weight is 403 g/mol. The molecule has 4 nitrogen and oxygen atoms in total. The Balaban J connectivity index is 1.23. The third-order valence-corrected chi connectivity index (χ3v) is 9.10. The van der Waals surface area contributed by atoms with Gasteiger partial charge in [0.25, 0.3) is 0 Å². The average Bonchev–Trinajstić information content (AvgIpc) is 2.73. The predicted octanol–water partition coefficient (Wildman–Crippen LogP) is 4.73. The van der Waals surface area contributed by atoms with E-state index in [1.807, 2.05) is 4.90 Å². The number of carbonyl (C=O) groups is 2. The van der Waals surface area contributed by atoms with Crippen LogP contribution >= 0.6 is 0 Å². The lowest BCUT2D eigenvalue weighted by Gasteiger charge is -2.44. The van der Waals surface area contributed by atoms with Crippen LogP contribution in [0.15, 0.2) is 0 Å². The van der Waals surface area contributed by atoms with Crippen molar-refractivity contribution in [1.82, 2.24) is 9.80 Å². The van der Waals surface area contributed by atoms with E-state index in [4.69, 9.17) is 0 Å². The molecule has 0 aromatic heterocycles. The number of nitrogens with zero attached hydrogens (tertiary/aromatic N) is 2. The van der Waals surface area contributed by atoms with E-state index in [0.717, 1.165) is 75.5 Å². The maximum atomic E-state index is 13.1. The molecule has 1 aliphatic heterocycles. The van der Waals surface area contributed by atoms with E-state index in [1.165, 1.54) is 38.5 Å².